The van der Waals surface area contributed by atoms with Crippen LogP contribution in [0.5, 0.6) is 11.5 Å². The summed E-state index contributed by atoms with van der Waals surface area (Å²) in [4.78, 5) is 2.10. The molecular weight excluding hydrogens is 280 g/mol. The van der Waals surface area contributed by atoms with Crippen LogP contribution in [0.25, 0.3) is 0 Å². The summed E-state index contributed by atoms with van der Waals surface area (Å²) in [6.45, 7) is 2.70. The van der Waals surface area contributed by atoms with Gasteiger partial charge in [0, 0.05) is 25.1 Å². The Morgan fingerprint density at radius 2 is 1.82 bits per heavy atom. The lowest BCUT2D eigenvalue weighted by Crippen LogP contribution is -2.38. The van der Waals surface area contributed by atoms with Crippen molar-refractivity contribution in [3.05, 3.63) is 23.8 Å². The van der Waals surface area contributed by atoms with Gasteiger partial charge in [-0.3, -0.25) is 5.41 Å². The summed E-state index contributed by atoms with van der Waals surface area (Å²) in [5, 5.41) is 14.7. The molecule has 0 atom stereocenters. The average Bonchev–Trinajstić information content (AvgIpc) is 3.25. The van der Waals surface area contributed by atoms with E-state index in [2.05, 4.69) is 10.0 Å². The molecule has 1 aromatic carbocycles. The topological polar surface area (TPSA) is 61.2 Å². The summed E-state index contributed by atoms with van der Waals surface area (Å²) < 4.78 is 10.6. The molecule has 0 radical (unpaired) electrons. The minimum atomic E-state index is 0.521. The van der Waals surface area contributed by atoms with Crippen molar-refractivity contribution in [2.45, 2.75) is 19.3 Å². The lowest BCUT2D eigenvalue weighted by Gasteiger charge is -2.23. The van der Waals surface area contributed by atoms with Crippen molar-refractivity contribution in [2.24, 2.45) is 5.10 Å². The normalized spacial score (nSPS) is 17.6. The summed E-state index contributed by atoms with van der Waals surface area (Å²) in [6, 6.07) is 5.83. The second kappa shape index (κ2) is 6.25. The number of nitrogens with one attached hydrogen (secondary N) is 1. The van der Waals surface area contributed by atoms with E-state index in [1.54, 1.807) is 19.2 Å². The molecule has 2 aliphatic rings. The maximum absolute atomic E-state index is 8.28. The molecule has 118 valence electrons. The van der Waals surface area contributed by atoms with Gasteiger partial charge in [-0.05, 0) is 31.0 Å². The second-order valence-corrected chi connectivity index (χ2v) is 5.51. The van der Waals surface area contributed by atoms with Gasteiger partial charge in [-0.1, -0.05) is 0 Å². The molecule has 3 rings (SSSR count). The summed E-state index contributed by atoms with van der Waals surface area (Å²) in [5.41, 5.74) is 2.01. The van der Waals surface area contributed by atoms with E-state index in [0.717, 1.165) is 37.3 Å². The first-order valence-electron chi connectivity index (χ1n) is 7.64. The number of ether oxygens (including phenoxy) is 2. The number of benzene rings is 1. The van der Waals surface area contributed by atoms with Crippen LogP contribution in [0.1, 0.15) is 24.8 Å². The van der Waals surface area contributed by atoms with Crippen molar-refractivity contribution in [3.8, 4) is 11.5 Å². The summed E-state index contributed by atoms with van der Waals surface area (Å²) in [5.74, 6) is 1.94. The number of hydrogen-bond acceptors (Lipinski definition) is 4. The van der Waals surface area contributed by atoms with Gasteiger partial charge in [0.05, 0.1) is 26.5 Å². The molecule has 0 aliphatic carbocycles. The molecule has 0 unspecified atom stereocenters. The minimum absolute atomic E-state index is 0.521. The molecule has 0 saturated carbocycles. The predicted octanol–water partition coefficient (Wildman–Crippen LogP) is 2.14. The van der Waals surface area contributed by atoms with Crippen molar-refractivity contribution in [2.75, 3.05) is 33.9 Å². The highest BCUT2D eigenvalue weighted by atomic mass is 16.5. The second-order valence-electron chi connectivity index (χ2n) is 5.51. The van der Waals surface area contributed by atoms with E-state index in [1.165, 1.54) is 12.8 Å². The van der Waals surface area contributed by atoms with E-state index >= 15 is 0 Å². The molecule has 0 spiro atoms. The van der Waals surface area contributed by atoms with Gasteiger partial charge in [0.1, 0.15) is 0 Å². The molecule has 2 aliphatic heterocycles. The van der Waals surface area contributed by atoms with E-state index in [0.29, 0.717) is 17.5 Å². The lowest BCUT2D eigenvalue weighted by molar-refractivity contribution is 0.355. The molecule has 0 bridgehead atoms. The van der Waals surface area contributed by atoms with Crippen LogP contribution in [-0.4, -0.2) is 55.4 Å². The third-order valence-corrected chi connectivity index (χ3v) is 4.17. The van der Waals surface area contributed by atoms with E-state index in [1.807, 2.05) is 18.2 Å². The number of hydrazone groups is 1. The Labute approximate surface area is 130 Å². The SMILES string of the molecule is COc1ccc(C2=NN(C(=N)N3CCCC3)CC2)cc1OC. The molecule has 6 heteroatoms. The Balaban J connectivity index is 1.78. The quantitative estimate of drug-likeness (QED) is 0.686. The van der Waals surface area contributed by atoms with Crippen LogP contribution < -0.4 is 9.47 Å². The third-order valence-electron chi connectivity index (χ3n) is 4.17. The molecule has 1 fully saturated rings. The van der Waals surface area contributed by atoms with Gasteiger partial charge in [-0.25, -0.2) is 5.01 Å². The maximum atomic E-state index is 8.28. The summed E-state index contributed by atoms with van der Waals surface area (Å²) >= 11 is 0. The zero-order chi connectivity index (χ0) is 15.5. The number of nitrogens with zero attached hydrogens (tertiary/aromatic N) is 3. The number of likely N-dealkylation sites (tertiary alicyclic amines) is 1. The number of hydrogen-bond donors (Lipinski definition) is 1. The van der Waals surface area contributed by atoms with Gasteiger partial charge in [-0.15, -0.1) is 0 Å². The van der Waals surface area contributed by atoms with Crippen LogP contribution in [0.3, 0.4) is 0 Å². The predicted molar refractivity (Wildman–Crippen MR) is 85.9 cm³/mol. The van der Waals surface area contributed by atoms with E-state index in [4.69, 9.17) is 14.9 Å². The van der Waals surface area contributed by atoms with Crippen LogP contribution in [0, 0.1) is 5.41 Å². The van der Waals surface area contributed by atoms with Crippen molar-refractivity contribution in [1.82, 2.24) is 9.91 Å². The third kappa shape index (κ3) is 2.73. The zero-order valence-corrected chi connectivity index (χ0v) is 13.1. The molecule has 2 heterocycles. The molecule has 1 saturated heterocycles. The number of rotatable bonds is 3. The highest BCUT2D eigenvalue weighted by molar-refractivity contribution is 6.03. The Morgan fingerprint density at radius 1 is 1.09 bits per heavy atom. The Kier molecular flexibility index (Phi) is 4.18. The first-order chi connectivity index (χ1) is 10.7. The van der Waals surface area contributed by atoms with Gasteiger partial charge in [0.25, 0.3) is 0 Å². The highest BCUT2D eigenvalue weighted by Gasteiger charge is 2.25. The van der Waals surface area contributed by atoms with Crippen molar-refractivity contribution in [3.63, 3.8) is 0 Å². The smallest absolute Gasteiger partial charge is 0.214 e. The van der Waals surface area contributed by atoms with Crippen LogP contribution >= 0.6 is 0 Å². The minimum Gasteiger partial charge on any atom is -0.493 e. The Morgan fingerprint density at radius 3 is 2.50 bits per heavy atom. The van der Waals surface area contributed by atoms with Crippen molar-refractivity contribution < 1.29 is 9.47 Å². The molecule has 22 heavy (non-hydrogen) atoms. The monoisotopic (exact) mass is 302 g/mol. The van der Waals surface area contributed by atoms with E-state index in [-0.39, 0.29) is 0 Å². The first-order valence-corrected chi connectivity index (χ1v) is 7.64. The van der Waals surface area contributed by atoms with Gasteiger partial charge < -0.3 is 14.4 Å². The fourth-order valence-electron chi connectivity index (χ4n) is 2.92. The van der Waals surface area contributed by atoms with Crippen molar-refractivity contribution in [1.29, 1.82) is 5.41 Å². The number of guanidine groups is 1. The zero-order valence-electron chi connectivity index (χ0n) is 13.1. The fraction of sp³-hybridized carbons (Fsp3) is 0.500. The summed E-state index contributed by atoms with van der Waals surface area (Å²) in [7, 11) is 3.26. The molecule has 0 aromatic heterocycles. The maximum Gasteiger partial charge on any atom is 0.214 e. The van der Waals surface area contributed by atoms with Crippen LogP contribution in [0.15, 0.2) is 23.3 Å². The average molecular weight is 302 g/mol. The fourth-order valence-corrected chi connectivity index (χ4v) is 2.92. The van der Waals surface area contributed by atoms with Crippen LogP contribution in [0.4, 0.5) is 0 Å². The van der Waals surface area contributed by atoms with E-state index < -0.39 is 0 Å². The molecule has 0 amide bonds. The standard InChI is InChI=1S/C16H22N4O2/c1-21-14-6-5-12(11-15(14)22-2)13-7-10-20(18-13)16(17)19-8-3-4-9-19/h5-6,11,17H,3-4,7-10H2,1-2H3. The molecular formula is C16H22N4O2. The molecule has 6 nitrogen and oxygen atoms in total. The van der Waals surface area contributed by atoms with Crippen LogP contribution in [-0.2, 0) is 0 Å². The molecule has 1 N–H and O–H groups in total. The van der Waals surface area contributed by atoms with Crippen molar-refractivity contribution >= 4 is 11.7 Å². The van der Waals surface area contributed by atoms with Gasteiger partial charge in [-0.2, -0.15) is 5.10 Å². The largest absolute Gasteiger partial charge is 0.493 e. The van der Waals surface area contributed by atoms with Crippen LogP contribution in [0.2, 0.25) is 0 Å². The Bertz CT molecular complexity index is 594. The van der Waals surface area contributed by atoms with Gasteiger partial charge >= 0.3 is 0 Å². The lowest BCUT2D eigenvalue weighted by atomic mass is 10.1. The highest BCUT2D eigenvalue weighted by Crippen LogP contribution is 2.29. The molecule has 1 aromatic rings. The van der Waals surface area contributed by atoms with Gasteiger partial charge in [0.15, 0.2) is 11.5 Å². The van der Waals surface area contributed by atoms with E-state index in [9.17, 15) is 0 Å². The number of methoxy groups -OCH3 is 2. The van der Waals surface area contributed by atoms with Gasteiger partial charge in [0.2, 0.25) is 5.96 Å². The Hall–Kier alpha value is -2.24. The summed E-state index contributed by atoms with van der Waals surface area (Å²) in [6.07, 6.45) is 3.18. The first kappa shape index (κ1) is 14.7.